The topological polar surface area (TPSA) is 49.8 Å². The van der Waals surface area contributed by atoms with Gasteiger partial charge in [0.25, 0.3) is 0 Å². The van der Waals surface area contributed by atoms with Crippen LogP contribution in [0.2, 0.25) is 0 Å². The van der Waals surface area contributed by atoms with Crippen LogP contribution in [0.1, 0.15) is 34.4 Å². The number of hydrogen-bond donors (Lipinski definition) is 1. The first-order chi connectivity index (χ1) is 12.0. The minimum Gasteiger partial charge on any atom is -0.487 e. The number of aryl methyl sites for hydroxylation is 1. The first-order valence-corrected chi connectivity index (χ1v) is 9.32. The SMILES string of the molecule is CN(C)CCC=C1c2cc(CCC(=O)O)ccc2OCc2sccc21.Cl. The highest BCUT2D eigenvalue weighted by Crippen LogP contribution is 2.39. The van der Waals surface area contributed by atoms with Crippen molar-refractivity contribution in [3.63, 3.8) is 0 Å². The van der Waals surface area contributed by atoms with Gasteiger partial charge in [0.05, 0.1) is 0 Å². The Balaban J connectivity index is 0.00000243. The molecule has 0 bridgehead atoms. The van der Waals surface area contributed by atoms with Crippen LogP contribution in [0.15, 0.2) is 35.7 Å². The summed E-state index contributed by atoms with van der Waals surface area (Å²) < 4.78 is 6.01. The number of carboxylic acid groups (broad SMARTS) is 1. The molecule has 1 aliphatic heterocycles. The average molecular weight is 394 g/mol. The summed E-state index contributed by atoms with van der Waals surface area (Å²) in [6, 6.07) is 8.19. The fourth-order valence-electron chi connectivity index (χ4n) is 2.99. The van der Waals surface area contributed by atoms with E-state index in [0.717, 1.165) is 29.8 Å². The van der Waals surface area contributed by atoms with Gasteiger partial charge in [-0.25, -0.2) is 0 Å². The Morgan fingerprint density at radius 3 is 2.85 bits per heavy atom. The molecule has 0 fully saturated rings. The van der Waals surface area contributed by atoms with Crippen molar-refractivity contribution >= 4 is 35.3 Å². The van der Waals surface area contributed by atoms with Gasteiger partial charge in [0.1, 0.15) is 12.4 Å². The lowest BCUT2D eigenvalue weighted by atomic mass is 9.94. The summed E-state index contributed by atoms with van der Waals surface area (Å²) >= 11 is 1.72. The largest absolute Gasteiger partial charge is 0.487 e. The number of nitrogens with zero attached hydrogens (tertiary/aromatic N) is 1. The second-order valence-electron chi connectivity index (χ2n) is 6.48. The van der Waals surface area contributed by atoms with Gasteiger partial charge in [0.2, 0.25) is 0 Å². The molecule has 6 heteroatoms. The summed E-state index contributed by atoms with van der Waals surface area (Å²) in [7, 11) is 4.14. The summed E-state index contributed by atoms with van der Waals surface area (Å²) in [6.45, 7) is 1.57. The number of carboxylic acids is 1. The van der Waals surface area contributed by atoms with Crippen LogP contribution < -0.4 is 4.74 Å². The Kier molecular flexibility index (Phi) is 7.26. The monoisotopic (exact) mass is 393 g/mol. The van der Waals surface area contributed by atoms with Gasteiger partial charge in [-0.1, -0.05) is 12.1 Å². The van der Waals surface area contributed by atoms with Crippen LogP contribution in [0.4, 0.5) is 0 Å². The number of fused-ring (bicyclic) bond motifs is 2. The first kappa shape index (κ1) is 20.5. The van der Waals surface area contributed by atoms with Crippen LogP contribution in [0.25, 0.3) is 5.57 Å². The zero-order chi connectivity index (χ0) is 17.8. The molecule has 0 saturated carbocycles. The van der Waals surface area contributed by atoms with E-state index in [1.54, 1.807) is 11.3 Å². The van der Waals surface area contributed by atoms with Gasteiger partial charge in [-0.05, 0) is 67.2 Å². The molecule has 140 valence electrons. The van der Waals surface area contributed by atoms with Crippen molar-refractivity contribution in [3.8, 4) is 5.75 Å². The van der Waals surface area contributed by atoms with E-state index in [9.17, 15) is 4.79 Å². The molecule has 0 amide bonds. The van der Waals surface area contributed by atoms with Crippen LogP contribution in [0.5, 0.6) is 5.75 Å². The molecular weight excluding hydrogens is 370 g/mol. The molecule has 1 aromatic carbocycles. The van der Waals surface area contributed by atoms with Gasteiger partial charge >= 0.3 is 5.97 Å². The summed E-state index contributed by atoms with van der Waals surface area (Å²) in [4.78, 5) is 14.3. The molecular formula is C20H24ClNO3S. The Labute approximate surface area is 164 Å². The normalized spacial score (nSPS) is 14.2. The van der Waals surface area contributed by atoms with Crippen molar-refractivity contribution in [1.29, 1.82) is 0 Å². The quantitative estimate of drug-likeness (QED) is 0.787. The van der Waals surface area contributed by atoms with Crippen LogP contribution in [-0.2, 0) is 17.8 Å². The molecule has 4 nitrogen and oxygen atoms in total. The molecule has 0 atom stereocenters. The van der Waals surface area contributed by atoms with Gasteiger partial charge in [-0.2, -0.15) is 0 Å². The Morgan fingerprint density at radius 1 is 1.31 bits per heavy atom. The second-order valence-corrected chi connectivity index (χ2v) is 7.48. The van der Waals surface area contributed by atoms with E-state index in [0.29, 0.717) is 13.0 Å². The maximum absolute atomic E-state index is 10.9. The maximum atomic E-state index is 10.9. The molecule has 0 saturated heterocycles. The highest BCUT2D eigenvalue weighted by atomic mass is 35.5. The third kappa shape index (κ3) is 4.87. The molecule has 26 heavy (non-hydrogen) atoms. The van der Waals surface area contributed by atoms with E-state index in [1.165, 1.54) is 16.0 Å². The molecule has 0 radical (unpaired) electrons. The number of thiophene rings is 1. The average Bonchev–Trinajstić information content (AvgIpc) is 2.98. The molecule has 0 unspecified atom stereocenters. The van der Waals surface area contributed by atoms with Crippen molar-refractivity contribution in [1.82, 2.24) is 4.90 Å². The Hall–Kier alpha value is -1.82. The van der Waals surface area contributed by atoms with Crippen LogP contribution in [0.3, 0.4) is 0 Å². The lowest BCUT2D eigenvalue weighted by Gasteiger charge is -2.13. The van der Waals surface area contributed by atoms with Crippen molar-refractivity contribution in [3.05, 3.63) is 57.3 Å². The summed E-state index contributed by atoms with van der Waals surface area (Å²) in [6.07, 6.45) is 3.91. The fraction of sp³-hybridized carbons (Fsp3) is 0.350. The number of rotatable bonds is 6. The lowest BCUT2D eigenvalue weighted by Crippen LogP contribution is -2.12. The zero-order valence-corrected chi connectivity index (χ0v) is 16.7. The smallest absolute Gasteiger partial charge is 0.303 e. The molecule has 0 spiro atoms. The first-order valence-electron chi connectivity index (χ1n) is 8.44. The van der Waals surface area contributed by atoms with Gasteiger partial charge in [0.15, 0.2) is 0 Å². The fourth-order valence-corrected chi connectivity index (χ4v) is 3.79. The Morgan fingerprint density at radius 2 is 2.12 bits per heavy atom. The molecule has 1 N–H and O–H groups in total. The zero-order valence-electron chi connectivity index (χ0n) is 15.0. The molecule has 2 heterocycles. The minimum atomic E-state index is -0.770. The minimum absolute atomic E-state index is 0. The van der Waals surface area contributed by atoms with Crippen molar-refractivity contribution in [2.24, 2.45) is 0 Å². The number of halogens is 1. The van der Waals surface area contributed by atoms with E-state index in [4.69, 9.17) is 9.84 Å². The number of ether oxygens (including phenoxy) is 1. The highest BCUT2D eigenvalue weighted by Gasteiger charge is 2.20. The van der Waals surface area contributed by atoms with Crippen molar-refractivity contribution in [2.75, 3.05) is 20.6 Å². The van der Waals surface area contributed by atoms with Gasteiger partial charge in [-0.3, -0.25) is 4.79 Å². The standard InChI is InChI=1S/C20H23NO3S.ClH/c1-21(2)10-3-4-15-16-9-11-25-19(16)13-24-18-7-5-14(12-17(15)18)6-8-20(22)23;/h4-5,7,9,11-12H,3,6,8,10,13H2,1-2H3,(H,22,23);1H. The van der Waals surface area contributed by atoms with Gasteiger partial charge in [-0.15, -0.1) is 23.7 Å². The molecule has 0 aliphatic carbocycles. The van der Waals surface area contributed by atoms with E-state index in [1.807, 2.05) is 12.1 Å². The van der Waals surface area contributed by atoms with Gasteiger partial charge < -0.3 is 14.7 Å². The maximum Gasteiger partial charge on any atom is 0.303 e. The lowest BCUT2D eigenvalue weighted by molar-refractivity contribution is -0.136. The number of carbonyl (C=O) groups is 1. The van der Waals surface area contributed by atoms with Crippen molar-refractivity contribution < 1.29 is 14.6 Å². The number of hydrogen-bond acceptors (Lipinski definition) is 4. The van der Waals surface area contributed by atoms with E-state index in [-0.39, 0.29) is 18.8 Å². The third-order valence-corrected chi connectivity index (χ3v) is 5.18. The molecule has 1 aliphatic rings. The molecule has 2 aromatic rings. The number of aliphatic carboxylic acids is 1. The summed E-state index contributed by atoms with van der Waals surface area (Å²) in [5, 5.41) is 11.0. The van der Waals surface area contributed by atoms with Crippen molar-refractivity contribution in [2.45, 2.75) is 25.9 Å². The van der Waals surface area contributed by atoms with Crippen LogP contribution >= 0.6 is 23.7 Å². The van der Waals surface area contributed by atoms with E-state index in [2.05, 4.69) is 42.6 Å². The number of benzene rings is 1. The van der Waals surface area contributed by atoms with E-state index < -0.39 is 5.97 Å². The third-order valence-electron chi connectivity index (χ3n) is 4.28. The molecule has 3 rings (SSSR count). The predicted octanol–water partition coefficient (Wildman–Crippen LogP) is 4.46. The van der Waals surface area contributed by atoms with Crippen LogP contribution in [0, 0.1) is 0 Å². The summed E-state index contributed by atoms with van der Waals surface area (Å²) in [5.74, 6) is 0.103. The molecule has 1 aromatic heterocycles. The predicted molar refractivity (Wildman–Crippen MR) is 109 cm³/mol. The van der Waals surface area contributed by atoms with Crippen LogP contribution in [-0.4, -0.2) is 36.6 Å². The highest BCUT2D eigenvalue weighted by molar-refractivity contribution is 7.10. The summed E-state index contributed by atoms with van der Waals surface area (Å²) in [5.41, 5.74) is 4.53. The van der Waals surface area contributed by atoms with E-state index >= 15 is 0 Å². The second kappa shape index (κ2) is 9.21. The van der Waals surface area contributed by atoms with Gasteiger partial charge in [0, 0.05) is 23.4 Å². The Bertz CT molecular complexity index is 798.